The molecule has 1 saturated heterocycles. The Morgan fingerprint density at radius 3 is 2.88 bits per heavy atom. The molecule has 3 heterocycles. The van der Waals surface area contributed by atoms with E-state index in [1.807, 2.05) is 0 Å². The largest absolute Gasteiger partial charge is 0.454 e. The highest BCUT2D eigenvalue weighted by Crippen LogP contribution is 2.33. The lowest BCUT2D eigenvalue weighted by atomic mass is 10.0. The number of fused-ring (bicyclic) bond motifs is 1. The number of hydrogen-bond donors (Lipinski definition) is 0. The molecule has 0 aliphatic carbocycles. The van der Waals surface area contributed by atoms with Crippen LogP contribution >= 0.6 is 0 Å². The van der Waals surface area contributed by atoms with Gasteiger partial charge in [-0.2, -0.15) is 5.10 Å². The first-order chi connectivity index (χ1) is 12.1. The average Bonchev–Trinajstić information content (AvgIpc) is 3.33. The molecule has 1 atom stereocenters. The number of carbonyl (C=O) groups excluding carboxylic acids is 2. The number of aromatic nitrogens is 2. The van der Waals surface area contributed by atoms with Crippen LogP contribution in [0.15, 0.2) is 30.6 Å². The van der Waals surface area contributed by atoms with E-state index in [2.05, 4.69) is 5.10 Å². The van der Waals surface area contributed by atoms with Crippen molar-refractivity contribution < 1.29 is 19.1 Å². The highest BCUT2D eigenvalue weighted by molar-refractivity contribution is 5.98. The SMILES string of the molecule is Cn1cc(C(=O)CC2CCCN2C(=O)c2ccc3c(c2)OCO3)cn1. The van der Waals surface area contributed by atoms with Crippen molar-refractivity contribution >= 4 is 11.7 Å². The minimum absolute atomic E-state index is 0.0171. The summed E-state index contributed by atoms with van der Waals surface area (Å²) in [6.07, 6.45) is 5.34. The van der Waals surface area contributed by atoms with Crippen LogP contribution in [0.4, 0.5) is 0 Å². The molecule has 0 saturated carbocycles. The first-order valence-corrected chi connectivity index (χ1v) is 8.34. The van der Waals surface area contributed by atoms with Gasteiger partial charge in [-0.05, 0) is 31.0 Å². The minimum Gasteiger partial charge on any atom is -0.454 e. The first-order valence-electron chi connectivity index (χ1n) is 8.34. The molecule has 0 radical (unpaired) electrons. The van der Waals surface area contributed by atoms with Crippen molar-refractivity contribution in [3.8, 4) is 11.5 Å². The Hall–Kier alpha value is -2.83. The van der Waals surface area contributed by atoms with Crippen molar-refractivity contribution in [3.05, 3.63) is 41.7 Å². The Kier molecular flexibility index (Phi) is 3.91. The van der Waals surface area contributed by atoms with Gasteiger partial charge in [-0.3, -0.25) is 14.3 Å². The smallest absolute Gasteiger partial charge is 0.254 e. The lowest BCUT2D eigenvalue weighted by Crippen LogP contribution is -2.36. The summed E-state index contributed by atoms with van der Waals surface area (Å²) in [5.74, 6) is 1.19. The molecule has 2 aliphatic rings. The third-order valence-electron chi connectivity index (χ3n) is 4.71. The van der Waals surface area contributed by atoms with E-state index < -0.39 is 0 Å². The fourth-order valence-corrected chi connectivity index (χ4v) is 3.41. The topological polar surface area (TPSA) is 73.7 Å². The van der Waals surface area contributed by atoms with E-state index >= 15 is 0 Å². The average molecular weight is 341 g/mol. The molecule has 0 bridgehead atoms. The standard InChI is InChI=1S/C18H19N3O4/c1-20-10-13(9-19-20)15(22)8-14-3-2-6-21(14)18(23)12-4-5-16-17(7-12)25-11-24-16/h4-5,7,9-10,14H,2-3,6,8,11H2,1H3. The highest BCUT2D eigenvalue weighted by Gasteiger charge is 2.32. The maximum absolute atomic E-state index is 12.9. The van der Waals surface area contributed by atoms with Crippen LogP contribution in [0.3, 0.4) is 0 Å². The predicted molar refractivity (Wildman–Crippen MR) is 88.8 cm³/mol. The van der Waals surface area contributed by atoms with E-state index in [-0.39, 0.29) is 24.5 Å². The molecule has 130 valence electrons. The quantitative estimate of drug-likeness (QED) is 0.796. The number of rotatable bonds is 4. The molecular weight excluding hydrogens is 322 g/mol. The van der Waals surface area contributed by atoms with Crippen LogP contribution in [0.2, 0.25) is 0 Å². The monoisotopic (exact) mass is 341 g/mol. The second-order valence-corrected chi connectivity index (χ2v) is 6.39. The molecule has 2 aliphatic heterocycles. The van der Waals surface area contributed by atoms with E-state index in [1.54, 1.807) is 47.2 Å². The molecule has 1 amide bonds. The zero-order chi connectivity index (χ0) is 17.4. The molecule has 1 aromatic heterocycles. The van der Waals surface area contributed by atoms with E-state index in [0.717, 1.165) is 12.8 Å². The van der Waals surface area contributed by atoms with Gasteiger partial charge in [0.05, 0.1) is 11.8 Å². The number of likely N-dealkylation sites (tertiary alicyclic amines) is 1. The van der Waals surface area contributed by atoms with Crippen LogP contribution in [-0.4, -0.2) is 45.8 Å². The molecule has 0 spiro atoms. The number of Topliss-reactive ketones (excluding diaryl/α,β-unsaturated/α-hetero) is 1. The molecule has 7 heteroatoms. The van der Waals surface area contributed by atoms with Crippen LogP contribution < -0.4 is 9.47 Å². The van der Waals surface area contributed by atoms with E-state index in [4.69, 9.17) is 9.47 Å². The fraction of sp³-hybridized carbons (Fsp3) is 0.389. The Morgan fingerprint density at radius 1 is 1.24 bits per heavy atom. The van der Waals surface area contributed by atoms with E-state index in [0.29, 0.717) is 35.6 Å². The summed E-state index contributed by atoms with van der Waals surface area (Å²) >= 11 is 0. The minimum atomic E-state index is -0.0781. The molecule has 0 N–H and O–H groups in total. The van der Waals surface area contributed by atoms with Gasteiger partial charge >= 0.3 is 0 Å². The van der Waals surface area contributed by atoms with Crippen molar-refractivity contribution in [1.82, 2.24) is 14.7 Å². The number of amides is 1. The molecule has 4 rings (SSSR count). The van der Waals surface area contributed by atoms with Gasteiger partial charge in [-0.25, -0.2) is 0 Å². The van der Waals surface area contributed by atoms with Crippen molar-refractivity contribution in [3.63, 3.8) is 0 Å². The van der Waals surface area contributed by atoms with Gasteiger partial charge in [0, 0.05) is 37.8 Å². The lowest BCUT2D eigenvalue weighted by molar-refractivity contribution is 0.0716. The maximum atomic E-state index is 12.9. The number of benzene rings is 1. The van der Waals surface area contributed by atoms with Crippen LogP contribution in [0.25, 0.3) is 0 Å². The second-order valence-electron chi connectivity index (χ2n) is 6.39. The summed E-state index contributed by atoms with van der Waals surface area (Å²) < 4.78 is 12.2. The van der Waals surface area contributed by atoms with Gasteiger partial charge in [0.15, 0.2) is 17.3 Å². The van der Waals surface area contributed by atoms with Gasteiger partial charge in [0.1, 0.15) is 0 Å². The Morgan fingerprint density at radius 2 is 2.08 bits per heavy atom. The molecule has 1 unspecified atom stereocenters. The molecule has 7 nitrogen and oxygen atoms in total. The van der Waals surface area contributed by atoms with Crippen molar-refractivity contribution in [2.24, 2.45) is 7.05 Å². The van der Waals surface area contributed by atoms with Crippen LogP contribution in [0.5, 0.6) is 11.5 Å². The summed E-state index contributed by atoms with van der Waals surface area (Å²) in [5, 5.41) is 4.04. The molecule has 1 fully saturated rings. The van der Waals surface area contributed by atoms with Crippen LogP contribution in [0.1, 0.15) is 40.0 Å². The van der Waals surface area contributed by atoms with Gasteiger partial charge in [-0.15, -0.1) is 0 Å². The number of hydrogen-bond acceptors (Lipinski definition) is 5. The summed E-state index contributed by atoms with van der Waals surface area (Å²) in [4.78, 5) is 27.1. The fourth-order valence-electron chi connectivity index (χ4n) is 3.41. The molecule has 25 heavy (non-hydrogen) atoms. The summed E-state index contributed by atoms with van der Waals surface area (Å²) in [5.41, 5.74) is 1.15. The normalized spacial score (nSPS) is 18.6. The number of ether oxygens (including phenoxy) is 2. The summed E-state index contributed by atoms with van der Waals surface area (Å²) in [7, 11) is 1.78. The predicted octanol–water partition coefficient (Wildman–Crippen LogP) is 2.03. The number of aryl methyl sites for hydroxylation is 1. The lowest BCUT2D eigenvalue weighted by Gasteiger charge is -2.24. The van der Waals surface area contributed by atoms with Gasteiger partial charge in [0.2, 0.25) is 6.79 Å². The molecule has 2 aromatic rings. The van der Waals surface area contributed by atoms with Gasteiger partial charge < -0.3 is 14.4 Å². The summed E-state index contributed by atoms with van der Waals surface area (Å²) in [6.45, 7) is 0.844. The molecule has 1 aromatic carbocycles. The maximum Gasteiger partial charge on any atom is 0.254 e. The number of nitrogens with zero attached hydrogens (tertiary/aromatic N) is 3. The third kappa shape index (κ3) is 2.97. The Labute approximate surface area is 145 Å². The second kappa shape index (κ2) is 6.23. The molecular formula is C18H19N3O4. The van der Waals surface area contributed by atoms with E-state index in [1.165, 1.54) is 0 Å². The third-order valence-corrected chi connectivity index (χ3v) is 4.71. The zero-order valence-electron chi connectivity index (χ0n) is 14.0. The van der Waals surface area contributed by atoms with E-state index in [9.17, 15) is 9.59 Å². The van der Waals surface area contributed by atoms with Crippen LogP contribution in [0, 0.1) is 0 Å². The number of ketones is 1. The van der Waals surface area contributed by atoms with Gasteiger partial charge in [0.25, 0.3) is 5.91 Å². The Balaban J connectivity index is 1.49. The van der Waals surface area contributed by atoms with Crippen LogP contribution in [-0.2, 0) is 7.05 Å². The summed E-state index contributed by atoms with van der Waals surface area (Å²) in [6, 6.07) is 5.13. The number of carbonyl (C=O) groups is 2. The first kappa shape index (κ1) is 15.7. The van der Waals surface area contributed by atoms with Crippen molar-refractivity contribution in [1.29, 1.82) is 0 Å². The Bertz CT molecular complexity index is 829. The van der Waals surface area contributed by atoms with Crippen molar-refractivity contribution in [2.75, 3.05) is 13.3 Å². The van der Waals surface area contributed by atoms with Crippen molar-refractivity contribution in [2.45, 2.75) is 25.3 Å². The van der Waals surface area contributed by atoms with Gasteiger partial charge in [-0.1, -0.05) is 0 Å². The zero-order valence-corrected chi connectivity index (χ0v) is 14.0. The highest BCUT2D eigenvalue weighted by atomic mass is 16.7.